The second-order valence-corrected chi connectivity index (χ2v) is 19.9. The van der Waals surface area contributed by atoms with Crippen LogP contribution in [-0.2, 0) is 20.1 Å². The van der Waals surface area contributed by atoms with E-state index in [-0.39, 0.29) is 15.9 Å². The molecule has 0 aliphatic rings. The fourth-order valence-corrected chi connectivity index (χ4v) is 10.2. The van der Waals surface area contributed by atoms with Crippen molar-refractivity contribution in [1.82, 2.24) is 4.98 Å². The lowest BCUT2D eigenvalue weighted by Crippen LogP contribution is -2.66. The van der Waals surface area contributed by atoms with Crippen LogP contribution in [0.25, 0.3) is 0 Å². The summed E-state index contributed by atoms with van der Waals surface area (Å²) in [6.07, 6.45) is 1.18. The van der Waals surface area contributed by atoms with Gasteiger partial charge in [-0.3, -0.25) is 5.32 Å². The van der Waals surface area contributed by atoms with Crippen LogP contribution < -0.4 is 15.7 Å². The SMILES string of the molecule is CC(C)(C)OC(=O)Nc1c(C(CCO[Si](c2ccccc2)(c2ccccc2)C(C)(C)C)=NS(=O)C(C)(C)C)ccnc1Cl. The molecular formula is C33H44ClN3O4SSi. The standard InChI is InChI=1S/C33H44ClN3O4SSi/c1-31(2,3)41-30(38)36-28-26(20-22-35-29(28)34)27(37-42(39)32(4,5)6)21-23-40-43(33(7,8)9,24-16-12-10-13-17-24)25-18-14-11-15-19-25/h10-20,22H,21,23H2,1-9H3,(H,36,38). The summed E-state index contributed by atoms with van der Waals surface area (Å²) in [6, 6.07) is 22.5. The Kier molecular flexibility index (Phi) is 11.2. The number of halogens is 1. The highest BCUT2D eigenvalue weighted by Gasteiger charge is 2.50. The Bertz CT molecular complexity index is 1410. The average Bonchev–Trinajstić information content (AvgIpc) is 2.90. The van der Waals surface area contributed by atoms with E-state index in [2.05, 4.69) is 59.7 Å². The molecule has 1 unspecified atom stereocenters. The van der Waals surface area contributed by atoms with Crippen LogP contribution in [0.4, 0.5) is 10.5 Å². The van der Waals surface area contributed by atoms with E-state index in [4.69, 9.17) is 20.8 Å². The Hall–Kier alpha value is -2.85. The molecule has 43 heavy (non-hydrogen) atoms. The van der Waals surface area contributed by atoms with Crippen molar-refractivity contribution in [3.05, 3.63) is 83.6 Å². The van der Waals surface area contributed by atoms with Crippen LogP contribution in [0.5, 0.6) is 0 Å². The number of carbonyl (C=O) groups is 1. The Balaban J connectivity index is 2.09. The molecule has 232 valence electrons. The lowest BCUT2D eigenvalue weighted by atomic mass is 10.1. The van der Waals surface area contributed by atoms with Gasteiger partial charge < -0.3 is 9.16 Å². The minimum atomic E-state index is -2.83. The third-order valence-electron chi connectivity index (χ3n) is 6.63. The molecule has 3 rings (SSSR count). The first-order valence-corrected chi connectivity index (χ1v) is 17.7. The molecule has 0 fully saturated rings. The molecule has 1 N–H and O–H groups in total. The zero-order valence-corrected chi connectivity index (χ0v) is 29.2. The quantitative estimate of drug-likeness (QED) is 0.150. The van der Waals surface area contributed by atoms with Gasteiger partial charge in [-0.15, -0.1) is 0 Å². The Labute approximate surface area is 265 Å². The molecule has 1 atom stereocenters. The molecule has 0 radical (unpaired) electrons. The zero-order chi connectivity index (χ0) is 32.1. The molecule has 0 bridgehead atoms. The molecule has 3 aromatic rings. The van der Waals surface area contributed by atoms with E-state index >= 15 is 0 Å². The zero-order valence-electron chi connectivity index (χ0n) is 26.7. The van der Waals surface area contributed by atoms with Gasteiger partial charge in [-0.05, 0) is 63.0 Å². The number of anilines is 1. The predicted molar refractivity (Wildman–Crippen MR) is 182 cm³/mol. The molecule has 7 nitrogen and oxygen atoms in total. The van der Waals surface area contributed by atoms with Gasteiger partial charge >= 0.3 is 6.09 Å². The first-order chi connectivity index (χ1) is 20.0. The number of carbonyl (C=O) groups excluding carboxylic acids is 1. The summed E-state index contributed by atoms with van der Waals surface area (Å²) < 4.78 is 30.0. The van der Waals surface area contributed by atoms with Gasteiger partial charge in [-0.25, -0.2) is 14.0 Å². The number of pyridine rings is 1. The van der Waals surface area contributed by atoms with E-state index in [1.807, 2.05) is 57.2 Å². The minimum Gasteiger partial charge on any atom is -0.444 e. The smallest absolute Gasteiger partial charge is 0.412 e. The lowest BCUT2D eigenvalue weighted by Gasteiger charge is -2.43. The summed E-state index contributed by atoms with van der Waals surface area (Å²) in [5.41, 5.74) is 0.525. The molecule has 1 amide bonds. The van der Waals surface area contributed by atoms with E-state index in [0.717, 1.165) is 10.4 Å². The van der Waals surface area contributed by atoms with E-state index in [0.29, 0.717) is 24.3 Å². The molecular weight excluding hydrogens is 598 g/mol. The van der Waals surface area contributed by atoms with Crippen LogP contribution in [0.3, 0.4) is 0 Å². The number of nitrogens with zero attached hydrogens (tertiary/aromatic N) is 2. The number of rotatable bonds is 9. The number of hydrogen-bond donors (Lipinski definition) is 1. The molecule has 0 spiro atoms. The predicted octanol–water partition coefficient (Wildman–Crippen LogP) is 7.30. The number of amides is 1. The normalized spacial score (nSPS) is 13.9. The summed E-state index contributed by atoms with van der Waals surface area (Å²) in [5, 5.41) is 4.91. The van der Waals surface area contributed by atoms with Crippen molar-refractivity contribution >= 4 is 58.8 Å². The Morgan fingerprint density at radius 3 is 1.91 bits per heavy atom. The average molecular weight is 642 g/mol. The minimum absolute atomic E-state index is 0.0745. The lowest BCUT2D eigenvalue weighted by molar-refractivity contribution is 0.0636. The van der Waals surface area contributed by atoms with Gasteiger partial charge in [0.1, 0.15) is 16.6 Å². The summed E-state index contributed by atoms with van der Waals surface area (Å²) >= 11 is 6.51. The highest BCUT2D eigenvalue weighted by atomic mass is 35.5. The van der Waals surface area contributed by atoms with Crippen LogP contribution in [0.2, 0.25) is 10.2 Å². The molecule has 1 heterocycles. The largest absolute Gasteiger partial charge is 0.444 e. The third-order valence-corrected chi connectivity index (χ3v) is 13.4. The highest BCUT2D eigenvalue weighted by Crippen LogP contribution is 2.37. The third kappa shape index (κ3) is 8.85. The van der Waals surface area contributed by atoms with Gasteiger partial charge in [0.2, 0.25) is 0 Å². The summed E-state index contributed by atoms with van der Waals surface area (Å²) in [7, 11) is -4.42. The van der Waals surface area contributed by atoms with Gasteiger partial charge in [0.15, 0.2) is 5.15 Å². The number of aromatic nitrogens is 1. The number of hydrogen-bond acceptors (Lipinski definition) is 5. The van der Waals surface area contributed by atoms with Crippen molar-refractivity contribution in [1.29, 1.82) is 0 Å². The first kappa shape index (κ1) is 34.6. The summed E-state index contributed by atoms with van der Waals surface area (Å²) in [6.45, 7) is 17.9. The summed E-state index contributed by atoms with van der Waals surface area (Å²) in [4.78, 5) is 16.9. The van der Waals surface area contributed by atoms with E-state index in [9.17, 15) is 9.00 Å². The number of nitrogens with one attached hydrogen (secondary N) is 1. The second kappa shape index (κ2) is 13.8. The van der Waals surface area contributed by atoms with Crippen LogP contribution in [0, 0.1) is 0 Å². The molecule has 0 aliphatic carbocycles. The van der Waals surface area contributed by atoms with E-state index < -0.39 is 35.7 Å². The fourth-order valence-electron chi connectivity index (χ4n) is 4.73. The van der Waals surface area contributed by atoms with Crippen LogP contribution in [-0.4, -0.2) is 46.3 Å². The molecule has 0 aliphatic heterocycles. The van der Waals surface area contributed by atoms with Gasteiger partial charge in [0.05, 0.1) is 16.1 Å². The van der Waals surface area contributed by atoms with Crippen molar-refractivity contribution in [2.45, 2.75) is 84.1 Å². The van der Waals surface area contributed by atoms with Crippen LogP contribution >= 0.6 is 11.6 Å². The van der Waals surface area contributed by atoms with Gasteiger partial charge in [0, 0.05) is 24.8 Å². The van der Waals surface area contributed by atoms with Crippen molar-refractivity contribution < 1.29 is 18.2 Å². The van der Waals surface area contributed by atoms with E-state index in [1.54, 1.807) is 26.8 Å². The van der Waals surface area contributed by atoms with Crippen molar-refractivity contribution in [2.75, 3.05) is 11.9 Å². The molecule has 2 aromatic carbocycles. The van der Waals surface area contributed by atoms with Gasteiger partial charge in [-0.1, -0.05) is 93.0 Å². The van der Waals surface area contributed by atoms with Gasteiger partial charge in [-0.2, -0.15) is 4.40 Å². The maximum atomic E-state index is 13.3. The topological polar surface area (TPSA) is 89.9 Å². The first-order valence-electron chi connectivity index (χ1n) is 14.3. The number of ether oxygens (including phenoxy) is 1. The maximum absolute atomic E-state index is 13.3. The Morgan fingerprint density at radius 2 is 1.44 bits per heavy atom. The van der Waals surface area contributed by atoms with Crippen molar-refractivity contribution in [2.24, 2.45) is 4.40 Å². The van der Waals surface area contributed by atoms with E-state index in [1.165, 1.54) is 6.20 Å². The van der Waals surface area contributed by atoms with Crippen LogP contribution in [0.15, 0.2) is 77.3 Å². The molecule has 1 aromatic heterocycles. The van der Waals surface area contributed by atoms with Gasteiger partial charge in [0.25, 0.3) is 8.32 Å². The molecule has 10 heteroatoms. The molecule has 0 saturated carbocycles. The number of benzene rings is 2. The van der Waals surface area contributed by atoms with Crippen LogP contribution in [0.1, 0.15) is 74.3 Å². The molecule has 0 saturated heterocycles. The fraction of sp³-hybridized carbons (Fsp3) is 0.424. The Morgan fingerprint density at radius 1 is 0.907 bits per heavy atom. The maximum Gasteiger partial charge on any atom is 0.412 e. The van der Waals surface area contributed by atoms with Crippen molar-refractivity contribution in [3.8, 4) is 0 Å². The summed E-state index contributed by atoms with van der Waals surface area (Å²) in [5.74, 6) is 0. The van der Waals surface area contributed by atoms with Crippen molar-refractivity contribution in [3.63, 3.8) is 0 Å². The second-order valence-electron chi connectivity index (χ2n) is 13.3. The highest BCUT2D eigenvalue weighted by molar-refractivity contribution is 7.85. The monoisotopic (exact) mass is 641 g/mol.